The minimum atomic E-state index is -1.08. The van der Waals surface area contributed by atoms with E-state index < -0.39 is 29.3 Å². The van der Waals surface area contributed by atoms with Gasteiger partial charge in [-0.25, -0.2) is 4.39 Å². The van der Waals surface area contributed by atoms with Gasteiger partial charge in [0, 0.05) is 5.56 Å². The molecule has 5 heteroatoms. The number of ketones is 2. The summed E-state index contributed by atoms with van der Waals surface area (Å²) in [5, 5.41) is 0. The Kier molecular flexibility index (Phi) is 5.36. The molecule has 1 rings (SSSR count). The van der Waals surface area contributed by atoms with E-state index in [-0.39, 0.29) is 18.6 Å². The smallest absolute Gasteiger partial charge is 0.306 e. The summed E-state index contributed by atoms with van der Waals surface area (Å²) in [6.45, 7) is 3.07. The van der Waals surface area contributed by atoms with Crippen molar-refractivity contribution in [2.45, 2.75) is 20.3 Å². The van der Waals surface area contributed by atoms with Gasteiger partial charge < -0.3 is 4.74 Å². The standard InChI is InChI=1S/C14H15FO4/c1-3-19-13(17)8-12(9(2)16)14(18)10-4-6-11(15)7-5-10/h4-7,12H,3,8H2,1-2H3/t12-/m0/s1. The SMILES string of the molecule is CCOC(=O)C[C@@H](C(C)=O)C(=O)c1ccc(F)cc1. The molecule has 0 fully saturated rings. The Hall–Kier alpha value is -2.04. The molecule has 0 aliphatic heterocycles. The van der Waals surface area contributed by atoms with Crippen molar-refractivity contribution in [1.29, 1.82) is 0 Å². The molecule has 0 N–H and O–H groups in total. The number of carbonyl (C=O) groups excluding carboxylic acids is 3. The highest BCUT2D eigenvalue weighted by Crippen LogP contribution is 2.15. The van der Waals surface area contributed by atoms with Crippen LogP contribution in [0.25, 0.3) is 0 Å². The zero-order valence-electron chi connectivity index (χ0n) is 10.8. The first-order chi connectivity index (χ1) is 8.95. The fourth-order valence-electron chi connectivity index (χ4n) is 1.62. The van der Waals surface area contributed by atoms with Crippen LogP contribution < -0.4 is 0 Å². The van der Waals surface area contributed by atoms with Crippen LogP contribution in [0, 0.1) is 11.7 Å². The molecule has 19 heavy (non-hydrogen) atoms. The van der Waals surface area contributed by atoms with E-state index in [1.807, 2.05) is 0 Å². The molecule has 1 atom stereocenters. The molecule has 0 amide bonds. The van der Waals surface area contributed by atoms with Gasteiger partial charge in [-0.05, 0) is 38.1 Å². The molecular formula is C14H15FO4. The number of esters is 1. The molecule has 0 radical (unpaired) electrons. The highest BCUT2D eigenvalue weighted by atomic mass is 19.1. The second-order valence-electron chi connectivity index (χ2n) is 4.04. The fourth-order valence-corrected chi connectivity index (χ4v) is 1.62. The lowest BCUT2D eigenvalue weighted by atomic mass is 9.91. The predicted molar refractivity (Wildman–Crippen MR) is 66.2 cm³/mol. The summed E-state index contributed by atoms with van der Waals surface area (Å²) in [7, 11) is 0. The first-order valence-corrected chi connectivity index (χ1v) is 5.91. The second kappa shape index (κ2) is 6.78. The molecule has 102 valence electrons. The summed E-state index contributed by atoms with van der Waals surface area (Å²) >= 11 is 0. The second-order valence-corrected chi connectivity index (χ2v) is 4.04. The summed E-state index contributed by atoms with van der Waals surface area (Å²) in [5.74, 6) is -3.06. The van der Waals surface area contributed by atoms with Crippen LogP contribution in [-0.4, -0.2) is 24.1 Å². The number of hydrogen-bond donors (Lipinski definition) is 0. The van der Waals surface area contributed by atoms with Gasteiger partial charge in [-0.15, -0.1) is 0 Å². The maximum absolute atomic E-state index is 12.8. The molecule has 0 heterocycles. The van der Waals surface area contributed by atoms with Crippen molar-refractivity contribution >= 4 is 17.5 Å². The molecule has 0 bridgehead atoms. The van der Waals surface area contributed by atoms with Gasteiger partial charge in [0.05, 0.1) is 18.9 Å². The number of benzene rings is 1. The Labute approximate surface area is 110 Å². The molecule has 0 aromatic heterocycles. The van der Waals surface area contributed by atoms with Gasteiger partial charge in [-0.2, -0.15) is 0 Å². The van der Waals surface area contributed by atoms with Crippen LogP contribution in [0.1, 0.15) is 30.6 Å². The zero-order valence-corrected chi connectivity index (χ0v) is 10.8. The van der Waals surface area contributed by atoms with Crippen molar-refractivity contribution in [1.82, 2.24) is 0 Å². The molecule has 0 saturated carbocycles. The molecule has 0 spiro atoms. The lowest BCUT2D eigenvalue weighted by Gasteiger charge is -2.12. The Bertz CT molecular complexity index is 479. The van der Waals surface area contributed by atoms with Crippen LogP contribution in [0.3, 0.4) is 0 Å². The number of Topliss-reactive ketones (excluding diaryl/α,β-unsaturated/α-hetero) is 2. The summed E-state index contributed by atoms with van der Waals surface area (Å²) in [4.78, 5) is 34.9. The number of carbonyl (C=O) groups is 3. The number of rotatable bonds is 6. The van der Waals surface area contributed by atoms with Gasteiger partial charge in [0.1, 0.15) is 11.6 Å². The van der Waals surface area contributed by atoms with E-state index in [2.05, 4.69) is 0 Å². The van der Waals surface area contributed by atoms with Gasteiger partial charge in [-0.3, -0.25) is 14.4 Å². The van der Waals surface area contributed by atoms with Gasteiger partial charge in [-0.1, -0.05) is 0 Å². The van der Waals surface area contributed by atoms with Crippen LogP contribution in [-0.2, 0) is 14.3 Å². The Morgan fingerprint density at radius 3 is 2.26 bits per heavy atom. The van der Waals surface area contributed by atoms with E-state index in [0.29, 0.717) is 0 Å². The predicted octanol–water partition coefficient (Wildman–Crippen LogP) is 2.17. The largest absolute Gasteiger partial charge is 0.466 e. The van der Waals surface area contributed by atoms with Gasteiger partial charge >= 0.3 is 5.97 Å². The van der Waals surface area contributed by atoms with Crippen LogP contribution >= 0.6 is 0 Å². The minimum absolute atomic E-state index is 0.189. The van der Waals surface area contributed by atoms with Crippen LogP contribution in [0.5, 0.6) is 0 Å². The molecule has 1 aromatic carbocycles. The Balaban J connectivity index is 2.87. The number of ether oxygens (including phenoxy) is 1. The molecule has 0 saturated heterocycles. The fraction of sp³-hybridized carbons (Fsp3) is 0.357. The molecule has 1 aromatic rings. The topological polar surface area (TPSA) is 60.4 Å². The van der Waals surface area contributed by atoms with Crippen LogP contribution in [0.15, 0.2) is 24.3 Å². The average Bonchev–Trinajstić information content (AvgIpc) is 2.36. The van der Waals surface area contributed by atoms with Crippen molar-refractivity contribution in [3.05, 3.63) is 35.6 Å². The van der Waals surface area contributed by atoms with Crippen molar-refractivity contribution < 1.29 is 23.5 Å². The summed E-state index contributed by atoms with van der Waals surface area (Å²) < 4.78 is 17.5. The van der Waals surface area contributed by atoms with Gasteiger partial charge in [0.25, 0.3) is 0 Å². The third-order valence-electron chi connectivity index (χ3n) is 2.61. The van der Waals surface area contributed by atoms with E-state index in [1.54, 1.807) is 6.92 Å². The van der Waals surface area contributed by atoms with Crippen LogP contribution in [0.2, 0.25) is 0 Å². The summed E-state index contributed by atoms with van der Waals surface area (Å²) in [6, 6.07) is 4.85. The van der Waals surface area contributed by atoms with E-state index in [0.717, 1.165) is 12.1 Å². The Morgan fingerprint density at radius 2 is 1.79 bits per heavy atom. The van der Waals surface area contributed by atoms with E-state index >= 15 is 0 Å². The molecule has 0 aliphatic carbocycles. The lowest BCUT2D eigenvalue weighted by Crippen LogP contribution is -2.26. The Morgan fingerprint density at radius 1 is 1.21 bits per heavy atom. The average molecular weight is 266 g/mol. The van der Waals surface area contributed by atoms with Crippen LogP contribution in [0.4, 0.5) is 4.39 Å². The molecule has 4 nitrogen and oxygen atoms in total. The maximum atomic E-state index is 12.8. The summed E-state index contributed by atoms with van der Waals surface area (Å²) in [6.07, 6.45) is -0.292. The third kappa shape index (κ3) is 4.28. The van der Waals surface area contributed by atoms with Crippen molar-refractivity contribution in [2.24, 2.45) is 5.92 Å². The monoisotopic (exact) mass is 266 g/mol. The van der Waals surface area contributed by atoms with Gasteiger partial charge in [0.2, 0.25) is 0 Å². The number of hydrogen-bond acceptors (Lipinski definition) is 4. The maximum Gasteiger partial charge on any atom is 0.306 e. The summed E-state index contributed by atoms with van der Waals surface area (Å²) in [5.41, 5.74) is 0.200. The zero-order chi connectivity index (χ0) is 14.4. The van der Waals surface area contributed by atoms with E-state index in [9.17, 15) is 18.8 Å². The lowest BCUT2D eigenvalue weighted by molar-refractivity contribution is -0.145. The van der Waals surface area contributed by atoms with Crippen molar-refractivity contribution in [3.8, 4) is 0 Å². The van der Waals surface area contributed by atoms with Crippen molar-refractivity contribution in [3.63, 3.8) is 0 Å². The first-order valence-electron chi connectivity index (χ1n) is 5.91. The molecule has 0 aliphatic rings. The normalized spacial score (nSPS) is 11.7. The van der Waals surface area contributed by atoms with E-state index in [1.165, 1.54) is 19.1 Å². The molecule has 0 unspecified atom stereocenters. The quantitative estimate of drug-likeness (QED) is 0.450. The molecular weight excluding hydrogens is 251 g/mol. The van der Waals surface area contributed by atoms with E-state index in [4.69, 9.17) is 4.74 Å². The number of halogens is 1. The third-order valence-corrected chi connectivity index (χ3v) is 2.61. The highest BCUT2D eigenvalue weighted by Gasteiger charge is 2.27. The minimum Gasteiger partial charge on any atom is -0.466 e. The van der Waals surface area contributed by atoms with Gasteiger partial charge in [0.15, 0.2) is 5.78 Å². The highest BCUT2D eigenvalue weighted by molar-refractivity contribution is 6.11. The van der Waals surface area contributed by atoms with Crippen molar-refractivity contribution in [2.75, 3.05) is 6.61 Å². The first kappa shape index (κ1) is 15.0.